The molecule has 180 valence electrons. The molecule has 2 amide bonds. The van der Waals surface area contributed by atoms with Crippen LogP contribution >= 0.6 is 11.8 Å². The van der Waals surface area contributed by atoms with Gasteiger partial charge in [0.15, 0.2) is 5.16 Å². The SMILES string of the molecule is O=C(CCc1nc(-c2ccncc2)no1)NNC(=O)c1ccc(CSc2nc3ccccc3[nH]2)cc1. The van der Waals surface area contributed by atoms with Crippen molar-refractivity contribution in [2.24, 2.45) is 0 Å². The third-order valence-corrected chi connectivity index (χ3v) is 6.19. The van der Waals surface area contributed by atoms with Crippen LogP contribution < -0.4 is 10.9 Å². The van der Waals surface area contributed by atoms with Gasteiger partial charge in [-0.1, -0.05) is 41.2 Å². The first kappa shape index (κ1) is 23.2. The number of H-pyrrole nitrogens is 1. The Morgan fingerprint density at radius 1 is 0.944 bits per heavy atom. The molecule has 0 bridgehead atoms. The highest BCUT2D eigenvalue weighted by atomic mass is 32.2. The Bertz CT molecular complexity index is 1450. The van der Waals surface area contributed by atoms with E-state index in [1.54, 1.807) is 48.4 Å². The quantitative estimate of drug-likeness (QED) is 0.217. The van der Waals surface area contributed by atoms with Gasteiger partial charge in [-0.2, -0.15) is 4.98 Å². The fourth-order valence-corrected chi connectivity index (χ4v) is 4.20. The third-order valence-electron chi connectivity index (χ3n) is 5.25. The maximum Gasteiger partial charge on any atom is 0.269 e. The monoisotopic (exact) mass is 499 g/mol. The summed E-state index contributed by atoms with van der Waals surface area (Å²) in [5.74, 6) is 0.695. The molecule has 36 heavy (non-hydrogen) atoms. The van der Waals surface area contributed by atoms with E-state index in [9.17, 15) is 9.59 Å². The number of aryl methyl sites for hydroxylation is 1. The van der Waals surface area contributed by atoms with Crippen molar-refractivity contribution in [3.05, 3.63) is 90.1 Å². The minimum atomic E-state index is -0.405. The van der Waals surface area contributed by atoms with Gasteiger partial charge in [-0.05, 0) is 42.0 Å². The van der Waals surface area contributed by atoms with E-state index in [1.165, 1.54) is 0 Å². The van der Waals surface area contributed by atoms with E-state index in [0.29, 0.717) is 23.0 Å². The fraction of sp³-hybridized carbons (Fsp3) is 0.120. The Morgan fingerprint density at radius 3 is 2.56 bits per heavy atom. The number of benzene rings is 2. The van der Waals surface area contributed by atoms with Crippen molar-refractivity contribution in [1.82, 2.24) is 35.9 Å². The van der Waals surface area contributed by atoms with Crippen molar-refractivity contribution in [2.75, 3.05) is 0 Å². The maximum absolute atomic E-state index is 12.4. The highest BCUT2D eigenvalue weighted by Crippen LogP contribution is 2.23. The minimum absolute atomic E-state index is 0.0796. The first-order valence-electron chi connectivity index (χ1n) is 11.1. The number of imidazole rings is 1. The van der Waals surface area contributed by atoms with Gasteiger partial charge in [0.25, 0.3) is 5.91 Å². The second-order valence-electron chi connectivity index (χ2n) is 7.79. The number of carbonyl (C=O) groups excluding carboxylic acids is 2. The molecule has 0 spiro atoms. The second-order valence-corrected chi connectivity index (χ2v) is 8.76. The number of carbonyl (C=O) groups is 2. The number of amides is 2. The number of rotatable bonds is 8. The van der Waals surface area contributed by atoms with Crippen LogP contribution in [0.5, 0.6) is 0 Å². The Balaban J connectivity index is 1.06. The van der Waals surface area contributed by atoms with Gasteiger partial charge in [-0.3, -0.25) is 25.4 Å². The summed E-state index contributed by atoms with van der Waals surface area (Å²) in [6, 6.07) is 18.6. The average Bonchev–Trinajstić information content (AvgIpc) is 3.57. The van der Waals surface area contributed by atoms with E-state index >= 15 is 0 Å². The summed E-state index contributed by atoms with van der Waals surface area (Å²) in [4.78, 5) is 40.6. The molecule has 5 aromatic rings. The number of pyridine rings is 1. The van der Waals surface area contributed by atoms with Gasteiger partial charge in [-0.15, -0.1) is 0 Å². The zero-order chi connectivity index (χ0) is 24.7. The van der Waals surface area contributed by atoms with E-state index in [-0.39, 0.29) is 18.7 Å². The van der Waals surface area contributed by atoms with Gasteiger partial charge in [0.1, 0.15) is 0 Å². The molecule has 3 aromatic heterocycles. The van der Waals surface area contributed by atoms with Crippen LogP contribution in [0.2, 0.25) is 0 Å². The number of thioether (sulfide) groups is 1. The lowest BCUT2D eigenvalue weighted by atomic mass is 10.1. The molecule has 10 nitrogen and oxygen atoms in total. The molecule has 0 saturated carbocycles. The smallest absolute Gasteiger partial charge is 0.269 e. The number of hydrogen-bond acceptors (Lipinski definition) is 8. The van der Waals surface area contributed by atoms with Crippen molar-refractivity contribution in [3.8, 4) is 11.4 Å². The lowest BCUT2D eigenvalue weighted by Gasteiger charge is -2.07. The van der Waals surface area contributed by atoms with Crippen molar-refractivity contribution >= 4 is 34.6 Å². The zero-order valence-electron chi connectivity index (χ0n) is 19.0. The molecular weight excluding hydrogens is 478 g/mol. The largest absolute Gasteiger partial charge is 0.339 e. The van der Waals surface area contributed by atoms with Gasteiger partial charge in [0.2, 0.25) is 17.6 Å². The first-order chi connectivity index (χ1) is 17.6. The van der Waals surface area contributed by atoms with E-state index < -0.39 is 5.91 Å². The van der Waals surface area contributed by atoms with Crippen LogP contribution in [-0.4, -0.2) is 36.9 Å². The van der Waals surface area contributed by atoms with Gasteiger partial charge in [0, 0.05) is 42.1 Å². The molecule has 5 rings (SSSR count). The number of nitrogens with zero attached hydrogens (tertiary/aromatic N) is 4. The number of para-hydroxylation sites is 2. The fourth-order valence-electron chi connectivity index (χ4n) is 3.36. The van der Waals surface area contributed by atoms with Crippen LogP contribution in [0.3, 0.4) is 0 Å². The van der Waals surface area contributed by atoms with Gasteiger partial charge in [0.05, 0.1) is 11.0 Å². The van der Waals surface area contributed by atoms with E-state index in [1.807, 2.05) is 36.4 Å². The van der Waals surface area contributed by atoms with Gasteiger partial charge < -0.3 is 9.51 Å². The van der Waals surface area contributed by atoms with E-state index in [4.69, 9.17) is 4.52 Å². The Labute approximate surface area is 209 Å². The summed E-state index contributed by atoms with van der Waals surface area (Å²) < 4.78 is 5.18. The number of aromatic nitrogens is 5. The van der Waals surface area contributed by atoms with Crippen LogP contribution in [0.1, 0.15) is 28.2 Å². The summed E-state index contributed by atoms with van der Waals surface area (Å²) in [6.07, 6.45) is 3.60. The Morgan fingerprint density at radius 2 is 1.75 bits per heavy atom. The first-order valence-corrected chi connectivity index (χ1v) is 12.1. The lowest BCUT2D eigenvalue weighted by molar-refractivity contribution is -0.121. The normalized spacial score (nSPS) is 10.9. The van der Waals surface area contributed by atoms with E-state index in [2.05, 4.69) is 35.9 Å². The molecule has 3 heterocycles. The molecule has 0 aliphatic carbocycles. The second kappa shape index (κ2) is 10.8. The standard InChI is InChI=1S/C25H21N7O3S/c33-21(9-10-22-29-23(32-35-22)17-11-13-26-14-12-17)30-31-24(34)18-7-5-16(6-8-18)15-36-25-27-19-3-1-2-4-20(19)28-25/h1-8,11-14H,9-10,15H2,(H,27,28)(H,30,33)(H,31,34). The minimum Gasteiger partial charge on any atom is -0.339 e. The predicted molar refractivity (Wildman–Crippen MR) is 134 cm³/mol. The number of fused-ring (bicyclic) bond motifs is 1. The Hall–Kier alpha value is -4.51. The van der Waals surface area contributed by atoms with Gasteiger partial charge >= 0.3 is 0 Å². The summed E-state index contributed by atoms with van der Waals surface area (Å²) >= 11 is 1.59. The van der Waals surface area contributed by atoms with Crippen molar-refractivity contribution < 1.29 is 14.1 Å². The lowest BCUT2D eigenvalue weighted by Crippen LogP contribution is -2.41. The van der Waals surface area contributed by atoms with Crippen molar-refractivity contribution in [3.63, 3.8) is 0 Å². The Kier molecular flexibility index (Phi) is 6.99. The van der Waals surface area contributed by atoms with Crippen LogP contribution in [0.25, 0.3) is 22.4 Å². The highest BCUT2D eigenvalue weighted by molar-refractivity contribution is 7.98. The molecule has 0 radical (unpaired) electrons. The van der Waals surface area contributed by atoms with Crippen molar-refractivity contribution in [1.29, 1.82) is 0 Å². The topological polar surface area (TPSA) is 139 Å². The number of hydrogen-bond donors (Lipinski definition) is 3. The predicted octanol–water partition coefficient (Wildman–Crippen LogP) is 3.69. The highest BCUT2D eigenvalue weighted by Gasteiger charge is 2.12. The van der Waals surface area contributed by atoms with Crippen LogP contribution in [0.15, 0.2) is 82.7 Å². The summed E-state index contributed by atoms with van der Waals surface area (Å²) in [5, 5.41) is 4.75. The summed E-state index contributed by atoms with van der Waals surface area (Å²) in [7, 11) is 0. The molecule has 3 N–H and O–H groups in total. The zero-order valence-corrected chi connectivity index (χ0v) is 19.8. The molecule has 11 heteroatoms. The molecule has 2 aromatic carbocycles. The maximum atomic E-state index is 12.4. The average molecular weight is 500 g/mol. The molecule has 0 aliphatic rings. The molecule has 0 fully saturated rings. The van der Waals surface area contributed by atoms with Crippen molar-refractivity contribution in [2.45, 2.75) is 23.8 Å². The number of aromatic amines is 1. The summed E-state index contributed by atoms with van der Waals surface area (Å²) in [6.45, 7) is 0. The number of nitrogens with one attached hydrogen (secondary N) is 3. The third kappa shape index (κ3) is 5.76. The van der Waals surface area contributed by atoms with Crippen LogP contribution in [0.4, 0.5) is 0 Å². The van der Waals surface area contributed by atoms with Gasteiger partial charge in [-0.25, -0.2) is 4.98 Å². The number of hydrazine groups is 1. The molecular formula is C25H21N7O3S. The van der Waals surface area contributed by atoms with E-state index in [0.717, 1.165) is 27.3 Å². The molecule has 0 atom stereocenters. The summed E-state index contributed by atoms with van der Waals surface area (Å²) in [5.41, 5.74) is 9.03. The van der Waals surface area contributed by atoms with Crippen LogP contribution in [-0.2, 0) is 17.0 Å². The molecule has 0 unspecified atom stereocenters. The molecule has 0 saturated heterocycles. The van der Waals surface area contributed by atoms with Crippen LogP contribution in [0, 0.1) is 0 Å². The molecule has 0 aliphatic heterocycles.